The molecule has 11 heavy (non-hydrogen) atoms. The van der Waals surface area contributed by atoms with Crippen LogP contribution in [0.3, 0.4) is 0 Å². The number of rotatable bonds is 1. The van der Waals surface area contributed by atoms with Gasteiger partial charge in [-0.3, -0.25) is 0 Å². The van der Waals surface area contributed by atoms with E-state index in [0.717, 1.165) is 12.8 Å². The monoisotopic (exact) mass is 167 g/mol. The SMILES string of the molecule is NC1(CC(F)(F)F)CCCC1. The second-order valence-corrected chi connectivity index (χ2v) is 3.36. The zero-order valence-electron chi connectivity index (χ0n) is 6.25. The van der Waals surface area contributed by atoms with Crippen LogP contribution in [0.15, 0.2) is 0 Å². The number of hydrogen-bond donors (Lipinski definition) is 1. The fraction of sp³-hybridized carbons (Fsp3) is 1.00. The Bertz CT molecular complexity index is 135. The van der Waals surface area contributed by atoms with E-state index in [1.165, 1.54) is 0 Å². The van der Waals surface area contributed by atoms with Crippen LogP contribution in [0.2, 0.25) is 0 Å². The second-order valence-electron chi connectivity index (χ2n) is 3.36. The fourth-order valence-corrected chi connectivity index (χ4v) is 1.66. The Morgan fingerprint density at radius 1 is 1.18 bits per heavy atom. The first-order valence-electron chi connectivity index (χ1n) is 3.77. The van der Waals surface area contributed by atoms with Crippen molar-refractivity contribution in [2.45, 2.75) is 43.8 Å². The van der Waals surface area contributed by atoms with Crippen molar-refractivity contribution in [3.63, 3.8) is 0 Å². The van der Waals surface area contributed by atoms with Gasteiger partial charge in [-0.05, 0) is 12.8 Å². The highest BCUT2D eigenvalue weighted by molar-refractivity contribution is 4.90. The number of alkyl halides is 3. The highest BCUT2D eigenvalue weighted by Crippen LogP contribution is 2.36. The first-order valence-corrected chi connectivity index (χ1v) is 3.77. The third-order valence-corrected chi connectivity index (χ3v) is 2.15. The maximum atomic E-state index is 11.9. The van der Waals surface area contributed by atoms with Gasteiger partial charge in [0.05, 0.1) is 6.42 Å². The highest BCUT2D eigenvalue weighted by atomic mass is 19.4. The molecule has 0 spiro atoms. The predicted molar refractivity (Wildman–Crippen MR) is 36.1 cm³/mol. The molecule has 1 fully saturated rings. The Hall–Kier alpha value is -0.250. The molecule has 0 aromatic carbocycles. The van der Waals surface area contributed by atoms with Gasteiger partial charge in [0.2, 0.25) is 0 Å². The van der Waals surface area contributed by atoms with E-state index in [-0.39, 0.29) is 0 Å². The van der Waals surface area contributed by atoms with E-state index >= 15 is 0 Å². The lowest BCUT2D eigenvalue weighted by molar-refractivity contribution is -0.146. The Kier molecular flexibility index (Phi) is 2.14. The van der Waals surface area contributed by atoms with Gasteiger partial charge in [-0.15, -0.1) is 0 Å². The lowest BCUT2D eigenvalue weighted by Crippen LogP contribution is -2.40. The van der Waals surface area contributed by atoms with Gasteiger partial charge in [-0.25, -0.2) is 0 Å². The minimum atomic E-state index is -4.10. The van der Waals surface area contributed by atoms with Crippen molar-refractivity contribution in [1.82, 2.24) is 0 Å². The molecule has 0 radical (unpaired) electrons. The van der Waals surface area contributed by atoms with E-state index in [1.807, 2.05) is 0 Å². The normalized spacial score (nSPS) is 24.0. The van der Waals surface area contributed by atoms with Crippen molar-refractivity contribution in [3.8, 4) is 0 Å². The average Bonchev–Trinajstić information content (AvgIpc) is 2.09. The molecule has 0 unspecified atom stereocenters. The van der Waals surface area contributed by atoms with Gasteiger partial charge in [-0.1, -0.05) is 12.8 Å². The smallest absolute Gasteiger partial charge is 0.325 e. The molecule has 4 heteroatoms. The van der Waals surface area contributed by atoms with Crippen LogP contribution in [0, 0.1) is 0 Å². The summed E-state index contributed by atoms with van der Waals surface area (Å²) < 4.78 is 35.6. The molecule has 0 aromatic heterocycles. The van der Waals surface area contributed by atoms with Crippen LogP contribution in [0.25, 0.3) is 0 Å². The van der Waals surface area contributed by atoms with E-state index in [4.69, 9.17) is 5.73 Å². The molecule has 0 bridgehead atoms. The van der Waals surface area contributed by atoms with Crippen LogP contribution in [-0.2, 0) is 0 Å². The quantitative estimate of drug-likeness (QED) is 0.636. The molecule has 0 heterocycles. The van der Waals surface area contributed by atoms with Crippen LogP contribution in [0.1, 0.15) is 32.1 Å². The summed E-state index contributed by atoms with van der Waals surface area (Å²) in [6.07, 6.45) is -2.20. The van der Waals surface area contributed by atoms with E-state index in [0.29, 0.717) is 12.8 Å². The number of hydrogen-bond acceptors (Lipinski definition) is 1. The van der Waals surface area contributed by atoms with Crippen LogP contribution in [-0.4, -0.2) is 11.7 Å². The van der Waals surface area contributed by atoms with Gasteiger partial charge in [-0.2, -0.15) is 13.2 Å². The Labute approximate surface area is 63.8 Å². The number of nitrogens with two attached hydrogens (primary N) is 1. The molecule has 0 aliphatic heterocycles. The third kappa shape index (κ3) is 2.69. The topological polar surface area (TPSA) is 26.0 Å². The van der Waals surface area contributed by atoms with Crippen LogP contribution in [0.5, 0.6) is 0 Å². The Morgan fingerprint density at radius 3 is 2.00 bits per heavy atom. The van der Waals surface area contributed by atoms with Gasteiger partial charge in [0.15, 0.2) is 0 Å². The van der Waals surface area contributed by atoms with Crippen molar-refractivity contribution in [2.75, 3.05) is 0 Å². The van der Waals surface area contributed by atoms with Crippen molar-refractivity contribution in [3.05, 3.63) is 0 Å². The van der Waals surface area contributed by atoms with E-state index in [1.54, 1.807) is 0 Å². The minimum Gasteiger partial charge on any atom is -0.325 e. The van der Waals surface area contributed by atoms with Crippen LogP contribution >= 0.6 is 0 Å². The number of halogens is 3. The highest BCUT2D eigenvalue weighted by Gasteiger charge is 2.41. The summed E-state index contributed by atoms with van der Waals surface area (Å²) in [4.78, 5) is 0. The maximum absolute atomic E-state index is 11.9. The van der Waals surface area contributed by atoms with Gasteiger partial charge >= 0.3 is 6.18 Å². The molecule has 0 atom stereocenters. The second kappa shape index (κ2) is 2.66. The minimum absolute atomic E-state index is 0.520. The van der Waals surface area contributed by atoms with E-state index in [2.05, 4.69) is 0 Å². The molecule has 1 aliphatic carbocycles. The molecule has 66 valence electrons. The molecule has 2 N–H and O–H groups in total. The molecule has 1 aliphatic rings. The van der Waals surface area contributed by atoms with Crippen molar-refractivity contribution in [1.29, 1.82) is 0 Å². The molecule has 0 aromatic rings. The summed E-state index contributed by atoms with van der Waals surface area (Å²) in [5.41, 5.74) is 4.58. The molecular formula is C7H12F3N. The van der Waals surface area contributed by atoms with Gasteiger partial charge in [0.25, 0.3) is 0 Å². The van der Waals surface area contributed by atoms with Crippen molar-refractivity contribution < 1.29 is 13.2 Å². The van der Waals surface area contributed by atoms with E-state index < -0.39 is 18.1 Å². The molecular weight excluding hydrogens is 155 g/mol. The molecule has 0 saturated heterocycles. The Balaban J connectivity index is 2.46. The lowest BCUT2D eigenvalue weighted by Gasteiger charge is -2.24. The van der Waals surface area contributed by atoms with Crippen LogP contribution < -0.4 is 5.73 Å². The van der Waals surface area contributed by atoms with Gasteiger partial charge in [0, 0.05) is 5.54 Å². The first kappa shape index (κ1) is 8.84. The third-order valence-electron chi connectivity index (χ3n) is 2.15. The average molecular weight is 167 g/mol. The standard InChI is InChI=1S/C7H12F3N/c8-7(9,10)5-6(11)3-1-2-4-6/h1-5,11H2. The predicted octanol–water partition coefficient (Wildman–Crippen LogP) is 2.21. The molecule has 1 saturated carbocycles. The first-order chi connectivity index (χ1) is 4.91. The molecule has 1 rings (SSSR count). The van der Waals surface area contributed by atoms with Crippen LogP contribution in [0.4, 0.5) is 13.2 Å². The fourth-order valence-electron chi connectivity index (χ4n) is 1.66. The summed E-state index contributed by atoms with van der Waals surface area (Å²) in [6.45, 7) is 0. The van der Waals surface area contributed by atoms with Crippen molar-refractivity contribution in [2.24, 2.45) is 5.73 Å². The zero-order chi connectivity index (χ0) is 8.54. The summed E-state index contributed by atoms with van der Waals surface area (Å²) in [7, 11) is 0. The Morgan fingerprint density at radius 2 is 1.64 bits per heavy atom. The molecule has 0 amide bonds. The molecule has 1 nitrogen and oxygen atoms in total. The van der Waals surface area contributed by atoms with Gasteiger partial charge < -0.3 is 5.73 Å². The summed E-state index contributed by atoms with van der Waals surface area (Å²) in [5.74, 6) is 0. The summed E-state index contributed by atoms with van der Waals surface area (Å²) in [5, 5.41) is 0. The summed E-state index contributed by atoms with van der Waals surface area (Å²) >= 11 is 0. The van der Waals surface area contributed by atoms with Crippen molar-refractivity contribution >= 4 is 0 Å². The van der Waals surface area contributed by atoms with E-state index in [9.17, 15) is 13.2 Å². The zero-order valence-corrected chi connectivity index (χ0v) is 6.25. The largest absolute Gasteiger partial charge is 0.390 e. The lowest BCUT2D eigenvalue weighted by atomic mass is 9.95. The van der Waals surface area contributed by atoms with Gasteiger partial charge in [0.1, 0.15) is 0 Å². The summed E-state index contributed by atoms with van der Waals surface area (Å²) in [6, 6.07) is 0. The maximum Gasteiger partial charge on any atom is 0.390 e.